The molecular formula is C23H32N4O2. The Morgan fingerprint density at radius 2 is 1.97 bits per heavy atom. The molecule has 1 aliphatic rings. The van der Waals surface area contributed by atoms with Crippen LogP contribution >= 0.6 is 0 Å². The van der Waals surface area contributed by atoms with Gasteiger partial charge in [-0.1, -0.05) is 39.3 Å². The highest BCUT2D eigenvalue weighted by Crippen LogP contribution is 2.29. The Labute approximate surface area is 173 Å². The molecule has 1 aromatic heterocycles. The van der Waals surface area contributed by atoms with Crippen LogP contribution in [0.15, 0.2) is 30.3 Å². The van der Waals surface area contributed by atoms with Crippen LogP contribution in [-0.4, -0.2) is 39.6 Å². The maximum Gasteiger partial charge on any atom is 0.245 e. The Hall–Kier alpha value is -2.63. The van der Waals surface area contributed by atoms with E-state index in [1.807, 2.05) is 44.2 Å². The average Bonchev–Trinajstić information content (AvgIpc) is 3.02. The fraction of sp³-hybridized carbons (Fsp3) is 0.522. The molecule has 1 saturated carbocycles. The molecule has 0 spiro atoms. The second-order valence-corrected chi connectivity index (χ2v) is 8.94. The van der Waals surface area contributed by atoms with E-state index in [2.05, 4.69) is 26.1 Å². The van der Waals surface area contributed by atoms with Gasteiger partial charge >= 0.3 is 0 Å². The van der Waals surface area contributed by atoms with Crippen LogP contribution in [0.2, 0.25) is 0 Å². The molecule has 29 heavy (non-hydrogen) atoms. The Morgan fingerprint density at radius 1 is 1.24 bits per heavy atom. The van der Waals surface area contributed by atoms with Gasteiger partial charge < -0.3 is 10.2 Å². The number of nitrogens with one attached hydrogen (secondary N) is 1. The van der Waals surface area contributed by atoms with Crippen molar-refractivity contribution in [3.8, 4) is 5.69 Å². The van der Waals surface area contributed by atoms with E-state index in [4.69, 9.17) is 5.10 Å². The minimum atomic E-state index is -0.200. The molecule has 1 N–H and O–H groups in total. The molecule has 0 saturated heterocycles. The number of carbonyl (C=O) groups is 2. The highest BCUT2D eigenvalue weighted by molar-refractivity contribution is 5.94. The number of hydrogen-bond donors (Lipinski definition) is 1. The number of anilines is 1. The van der Waals surface area contributed by atoms with Crippen LogP contribution in [0.3, 0.4) is 0 Å². The van der Waals surface area contributed by atoms with Gasteiger partial charge in [0.2, 0.25) is 11.8 Å². The predicted molar refractivity (Wildman–Crippen MR) is 115 cm³/mol. The molecular weight excluding hydrogens is 364 g/mol. The second-order valence-electron chi connectivity index (χ2n) is 8.94. The summed E-state index contributed by atoms with van der Waals surface area (Å²) >= 11 is 0. The van der Waals surface area contributed by atoms with Gasteiger partial charge in [0.05, 0.1) is 17.9 Å². The maximum atomic E-state index is 12.8. The first-order valence-electron chi connectivity index (χ1n) is 10.4. The monoisotopic (exact) mass is 396 g/mol. The van der Waals surface area contributed by atoms with Crippen LogP contribution in [-0.2, 0) is 15.0 Å². The van der Waals surface area contributed by atoms with Crippen molar-refractivity contribution in [1.82, 2.24) is 14.7 Å². The van der Waals surface area contributed by atoms with E-state index >= 15 is 0 Å². The summed E-state index contributed by atoms with van der Waals surface area (Å²) < 4.78 is 1.77. The molecule has 156 valence electrons. The van der Waals surface area contributed by atoms with Crippen LogP contribution in [0.5, 0.6) is 0 Å². The Balaban J connectivity index is 1.82. The quantitative estimate of drug-likeness (QED) is 0.800. The van der Waals surface area contributed by atoms with Gasteiger partial charge in [0.25, 0.3) is 0 Å². The summed E-state index contributed by atoms with van der Waals surface area (Å²) in [7, 11) is 0. The molecule has 1 aromatic carbocycles. The molecule has 0 aliphatic heterocycles. The zero-order valence-electron chi connectivity index (χ0n) is 18.2. The molecule has 6 nitrogen and oxygen atoms in total. The van der Waals surface area contributed by atoms with Gasteiger partial charge in [0, 0.05) is 23.9 Å². The van der Waals surface area contributed by atoms with E-state index in [9.17, 15) is 9.59 Å². The minimum absolute atomic E-state index is 0.0652. The van der Waals surface area contributed by atoms with Gasteiger partial charge in [-0.15, -0.1) is 0 Å². The van der Waals surface area contributed by atoms with Crippen LogP contribution in [0.4, 0.5) is 5.82 Å². The Bertz CT molecular complexity index is 891. The first-order valence-corrected chi connectivity index (χ1v) is 10.4. The lowest BCUT2D eigenvalue weighted by Gasteiger charge is -2.30. The van der Waals surface area contributed by atoms with Crippen molar-refractivity contribution in [2.45, 2.75) is 59.3 Å². The van der Waals surface area contributed by atoms with E-state index in [-0.39, 0.29) is 29.7 Å². The Kier molecular flexibility index (Phi) is 6.10. The first kappa shape index (κ1) is 21.1. The number of likely N-dealkylation sites (N-methyl/N-ethyl adjacent to an activating group) is 1. The standard InChI is InChI=1S/C23H32N4O2/c1-6-26(22(29)17-10-8-11-17)15-21(28)24-20-14-19(23(3,4)5)25-27(20)18-12-7-9-16(2)13-18/h7,9,12-14,17H,6,8,10-11,15H2,1-5H3,(H,24,28). The summed E-state index contributed by atoms with van der Waals surface area (Å²) in [6.07, 6.45) is 2.98. The summed E-state index contributed by atoms with van der Waals surface area (Å²) in [6.45, 7) is 10.8. The summed E-state index contributed by atoms with van der Waals surface area (Å²) in [6, 6.07) is 9.93. The normalized spacial score (nSPS) is 14.4. The lowest BCUT2D eigenvalue weighted by atomic mass is 9.84. The predicted octanol–water partition coefficient (Wildman–Crippen LogP) is 4.07. The number of nitrogens with zero attached hydrogens (tertiary/aromatic N) is 3. The molecule has 6 heteroatoms. The molecule has 0 bridgehead atoms. The van der Waals surface area contributed by atoms with Gasteiger partial charge in [0.15, 0.2) is 0 Å². The number of carbonyl (C=O) groups excluding carboxylic acids is 2. The van der Waals surface area contributed by atoms with Crippen LogP contribution in [0, 0.1) is 12.8 Å². The Morgan fingerprint density at radius 3 is 2.52 bits per heavy atom. The van der Waals surface area contributed by atoms with Crippen molar-refractivity contribution >= 4 is 17.6 Å². The molecule has 2 amide bonds. The minimum Gasteiger partial charge on any atom is -0.333 e. The van der Waals surface area contributed by atoms with Gasteiger partial charge in [-0.3, -0.25) is 9.59 Å². The van der Waals surface area contributed by atoms with Gasteiger partial charge in [-0.05, 0) is 44.4 Å². The second kappa shape index (κ2) is 8.39. The van der Waals surface area contributed by atoms with E-state index in [0.29, 0.717) is 12.4 Å². The fourth-order valence-corrected chi connectivity index (χ4v) is 3.41. The molecule has 1 aliphatic carbocycles. The third-order valence-corrected chi connectivity index (χ3v) is 5.47. The van der Waals surface area contributed by atoms with Crippen molar-refractivity contribution < 1.29 is 9.59 Å². The number of benzene rings is 1. The SMILES string of the molecule is CCN(CC(=O)Nc1cc(C(C)(C)C)nn1-c1cccc(C)c1)C(=O)C1CCC1. The van der Waals surface area contributed by atoms with Crippen molar-refractivity contribution in [2.24, 2.45) is 5.92 Å². The number of amides is 2. The summed E-state index contributed by atoms with van der Waals surface area (Å²) in [5.41, 5.74) is 2.77. The topological polar surface area (TPSA) is 67.2 Å². The molecule has 0 atom stereocenters. The lowest BCUT2D eigenvalue weighted by Crippen LogP contribution is -2.43. The molecule has 1 fully saturated rings. The van der Waals surface area contributed by atoms with Crippen LogP contribution < -0.4 is 5.32 Å². The molecule has 1 heterocycles. The summed E-state index contributed by atoms with van der Waals surface area (Å²) in [5, 5.41) is 7.74. The average molecular weight is 397 g/mol. The third-order valence-electron chi connectivity index (χ3n) is 5.47. The fourth-order valence-electron chi connectivity index (χ4n) is 3.41. The van der Waals surface area contributed by atoms with Crippen molar-refractivity contribution in [1.29, 1.82) is 0 Å². The highest BCUT2D eigenvalue weighted by Gasteiger charge is 2.30. The van der Waals surface area contributed by atoms with Gasteiger partial charge in [0.1, 0.15) is 5.82 Å². The molecule has 0 unspecified atom stereocenters. The van der Waals surface area contributed by atoms with Gasteiger partial charge in [-0.25, -0.2) is 4.68 Å². The number of rotatable bonds is 6. The smallest absolute Gasteiger partial charge is 0.245 e. The van der Waals surface area contributed by atoms with Crippen molar-refractivity contribution in [3.05, 3.63) is 41.6 Å². The zero-order valence-corrected chi connectivity index (χ0v) is 18.2. The number of hydrogen-bond acceptors (Lipinski definition) is 3. The number of aromatic nitrogens is 2. The van der Waals surface area contributed by atoms with E-state index in [0.717, 1.165) is 36.2 Å². The molecule has 0 radical (unpaired) electrons. The van der Waals surface area contributed by atoms with E-state index < -0.39 is 0 Å². The van der Waals surface area contributed by atoms with E-state index in [1.165, 1.54) is 0 Å². The van der Waals surface area contributed by atoms with Crippen molar-refractivity contribution in [3.63, 3.8) is 0 Å². The largest absolute Gasteiger partial charge is 0.333 e. The number of aryl methyl sites for hydroxylation is 1. The van der Waals surface area contributed by atoms with Crippen LogP contribution in [0.1, 0.15) is 58.2 Å². The summed E-state index contributed by atoms with van der Waals surface area (Å²) in [4.78, 5) is 27.0. The first-order chi connectivity index (χ1) is 13.7. The molecule has 2 aromatic rings. The lowest BCUT2D eigenvalue weighted by molar-refractivity contribution is -0.140. The zero-order chi connectivity index (χ0) is 21.2. The van der Waals surface area contributed by atoms with E-state index in [1.54, 1.807) is 9.58 Å². The van der Waals surface area contributed by atoms with Gasteiger partial charge in [-0.2, -0.15) is 5.10 Å². The molecule has 3 rings (SSSR count). The summed E-state index contributed by atoms with van der Waals surface area (Å²) in [5.74, 6) is 0.607. The van der Waals surface area contributed by atoms with Crippen LogP contribution in [0.25, 0.3) is 5.69 Å². The van der Waals surface area contributed by atoms with Crippen molar-refractivity contribution in [2.75, 3.05) is 18.4 Å². The highest BCUT2D eigenvalue weighted by atomic mass is 16.2. The third kappa shape index (κ3) is 4.86. The maximum absolute atomic E-state index is 12.8.